The van der Waals surface area contributed by atoms with E-state index in [1.165, 1.54) is 0 Å². The van der Waals surface area contributed by atoms with Crippen LogP contribution >= 0.6 is 0 Å². The van der Waals surface area contributed by atoms with Crippen molar-refractivity contribution in [2.75, 3.05) is 13.2 Å². The van der Waals surface area contributed by atoms with E-state index in [1.807, 2.05) is 48.5 Å². The maximum Gasteiger partial charge on any atom is 0.407 e. The molecule has 34 heavy (non-hydrogen) atoms. The molecule has 1 amide bonds. The van der Waals surface area contributed by atoms with Gasteiger partial charge >= 0.3 is 6.09 Å². The molecule has 0 bridgehead atoms. The molecular formula is C25H21F4NO4. The molecular weight excluding hydrogens is 454 g/mol. The first kappa shape index (κ1) is 23.7. The lowest BCUT2D eigenvalue weighted by Gasteiger charge is -2.20. The van der Waals surface area contributed by atoms with Crippen LogP contribution in [0.3, 0.4) is 0 Å². The number of carbonyl (C=O) groups is 1. The van der Waals surface area contributed by atoms with E-state index in [0.717, 1.165) is 22.3 Å². The number of alkyl carbamates (subject to hydrolysis) is 1. The van der Waals surface area contributed by atoms with Gasteiger partial charge in [0.25, 0.3) is 0 Å². The number of fused-ring (bicyclic) bond motifs is 3. The molecule has 5 nitrogen and oxygen atoms in total. The summed E-state index contributed by atoms with van der Waals surface area (Å²) < 4.78 is 59.7. The van der Waals surface area contributed by atoms with Crippen LogP contribution in [0.15, 0.2) is 54.6 Å². The molecule has 3 aromatic rings. The second kappa shape index (κ2) is 9.82. The Morgan fingerprint density at radius 2 is 1.44 bits per heavy atom. The SMILES string of the molecule is O=C(NCCC(O)C(O)c1c(F)c(F)cc(F)c1F)OCC1c2ccccc2-c2ccccc21. The van der Waals surface area contributed by atoms with Crippen LogP contribution in [-0.4, -0.2) is 35.6 Å². The Morgan fingerprint density at radius 3 is 2.00 bits per heavy atom. The first-order valence-corrected chi connectivity index (χ1v) is 10.6. The highest BCUT2D eigenvalue weighted by Gasteiger charge is 2.30. The highest BCUT2D eigenvalue weighted by atomic mass is 19.2. The standard InChI is InChI=1S/C25H21F4NO4/c26-18-11-19(27)23(29)21(22(18)28)24(32)20(31)9-10-30-25(33)34-12-17-15-7-3-1-5-13(15)14-6-2-4-8-16(14)17/h1-8,11,17,20,24,31-32H,9-10,12H2,(H,30,33). The summed E-state index contributed by atoms with van der Waals surface area (Å²) >= 11 is 0. The Kier molecular flexibility index (Phi) is 6.85. The predicted octanol–water partition coefficient (Wildman–Crippen LogP) is 4.57. The second-order valence-electron chi connectivity index (χ2n) is 7.94. The molecule has 0 heterocycles. The Bertz CT molecular complexity index is 1150. The molecule has 0 aromatic heterocycles. The van der Waals surface area contributed by atoms with Crippen molar-refractivity contribution in [3.8, 4) is 11.1 Å². The zero-order chi connectivity index (χ0) is 24.4. The number of hydrogen-bond donors (Lipinski definition) is 3. The van der Waals surface area contributed by atoms with E-state index < -0.39 is 47.1 Å². The number of rotatable bonds is 7. The van der Waals surface area contributed by atoms with Crippen LogP contribution in [0.2, 0.25) is 0 Å². The number of hydrogen-bond acceptors (Lipinski definition) is 4. The lowest BCUT2D eigenvalue weighted by molar-refractivity contribution is 0.00866. The van der Waals surface area contributed by atoms with Gasteiger partial charge in [-0.1, -0.05) is 48.5 Å². The lowest BCUT2D eigenvalue weighted by Crippen LogP contribution is -2.31. The fourth-order valence-corrected chi connectivity index (χ4v) is 4.17. The van der Waals surface area contributed by atoms with Crippen LogP contribution in [0.5, 0.6) is 0 Å². The Balaban J connectivity index is 1.32. The van der Waals surface area contributed by atoms with E-state index in [1.54, 1.807) is 0 Å². The summed E-state index contributed by atoms with van der Waals surface area (Å²) in [6.45, 7) is -0.167. The molecule has 2 atom stereocenters. The van der Waals surface area contributed by atoms with E-state index in [2.05, 4.69) is 5.32 Å². The van der Waals surface area contributed by atoms with E-state index in [0.29, 0.717) is 0 Å². The van der Waals surface area contributed by atoms with E-state index in [9.17, 15) is 32.6 Å². The number of carbonyl (C=O) groups excluding carboxylic acids is 1. The van der Waals surface area contributed by atoms with Gasteiger partial charge in [0.1, 0.15) is 12.7 Å². The highest BCUT2D eigenvalue weighted by Crippen LogP contribution is 2.44. The largest absolute Gasteiger partial charge is 0.449 e. The Morgan fingerprint density at radius 1 is 0.912 bits per heavy atom. The highest BCUT2D eigenvalue weighted by molar-refractivity contribution is 5.79. The molecule has 0 radical (unpaired) electrons. The number of amides is 1. The summed E-state index contributed by atoms with van der Waals surface area (Å²) in [6, 6.07) is 15.6. The fraction of sp³-hybridized carbons (Fsp3) is 0.240. The Labute approximate surface area is 192 Å². The number of benzene rings is 3. The van der Waals surface area contributed by atoms with Crippen LogP contribution in [-0.2, 0) is 4.74 Å². The average Bonchev–Trinajstić information content (AvgIpc) is 3.15. The van der Waals surface area contributed by atoms with Gasteiger partial charge in [0.05, 0.1) is 11.7 Å². The number of ether oxygens (including phenoxy) is 1. The van der Waals surface area contributed by atoms with Crippen molar-refractivity contribution in [1.82, 2.24) is 5.32 Å². The van der Waals surface area contributed by atoms with Crippen molar-refractivity contribution in [1.29, 1.82) is 0 Å². The van der Waals surface area contributed by atoms with Crippen molar-refractivity contribution in [3.05, 3.63) is 94.6 Å². The van der Waals surface area contributed by atoms with Gasteiger partial charge in [-0.3, -0.25) is 0 Å². The van der Waals surface area contributed by atoms with Crippen LogP contribution < -0.4 is 5.32 Å². The summed E-state index contributed by atoms with van der Waals surface area (Å²) in [5.41, 5.74) is 2.88. The molecule has 2 unspecified atom stereocenters. The van der Waals surface area contributed by atoms with Crippen molar-refractivity contribution in [3.63, 3.8) is 0 Å². The van der Waals surface area contributed by atoms with Crippen LogP contribution in [0.4, 0.5) is 22.4 Å². The normalized spacial score (nSPS) is 14.3. The van der Waals surface area contributed by atoms with Gasteiger partial charge < -0.3 is 20.3 Å². The zero-order valence-corrected chi connectivity index (χ0v) is 17.8. The number of aliphatic hydroxyl groups excluding tert-OH is 2. The van der Waals surface area contributed by atoms with Crippen molar-refractivity contribution in [2.24, 2.45) is 0 Å². The third-order valence-corrected chi connectivity index (χ3v) is 5.86. The zero-order valence-electron chi connectivity index (χ0n) is 17.8. The predicted molar refractivity (Wildman–Crippen MR) is 115 cm³/mol. The monoisotopic (exact) mass is 475 g/mol. The molecule has 0 saturated heterocycles. The topological polar surface area (TPSA) is 78.8 Å². The summed E-state index contributed by atoms with van der Waals surface area (Å²) in [4.78, 5) is 12.1. The van der Waals surface area contributed by atoms with Gasteiger partial charge in [-0.05, 0) is 28.7 Å². The smallest absolute Gasteiger partial charge is 0.407 e. The summed E-state index contributed by atoms with van der Waals surface area (Å²) in [5, 5.41) is 22.4. The molecule has 0 aliphatic heterocycles. The third kappa shape index (κ3) is 4.49. The van der Waals surface area contributed by atoms with E-state index in [-0.39, 0.29) is 31.6 Å². The fourth-order valence-electron chi connectivity index (χ4n) is 4.17. The van der Waals surface area contributed by atoms with Crippen molar-refractivity contribution in [2.45, 2.75) is 24.5 Å². The second-order valence-corrected chi connectivity index (χ2v) is 7.94. The molecule has 0 spiro atoms. The van der Waals surface area contributed by atoms with Gasteiger partial charge in [-0.2, -0.15) is 0 Å². The van der Waals surface area contributed by atoms with Crippen molar-refractivity contribution >= 4 is 6.09 Å². The number of aliphatic hydroxyl groups is 2. The molecule has 0 saturated carbocycles. The van der Waals surface area contributed by atoms with Crippen molar-refractivity contribution < 1.29 is 37.3 Å². The first-order chi connectivity index (χ1) is 16.3. The van der Waals surface area contributed by atoms with Gasteiger partial charge in [-0.15, -0.1) is 0 Å². The minimum atomic E-state index is -2.24. The molecule has 3 aromatic carbocycles. The minimum absolute atomic E-state index is 0.00592. The molecule has 4 rings (SSSR count). The third-order valence-electron chi connectivity index (χ3n) is 5.86. The van der Waals surface area contributed by atoms with E-state index in [4.69, 9.17) is 4.74 Å². The maximum atomic E-state index is 13.8. The molecule has 9 heteroatoms. The first-order valence-electron chi connectivity index (χ1n) is 10.6. The molecule has 0 fully saturated rings. The lowest BCUT2D eigenvalue weighted by atomic mass is 9.98. The number of nitrogens with one attached hydrogen (secondary N) is 1. The summed E-state index contributed by atoms with van der Waals surface area (Å²) in [6.07, 6.45) is -5.20. The van der Waals surface area contributed by atoms with Gasteiger partial charge in [0.15, 0.2) is 23.3 Å². The van der Waals surface area contributed by atoms with Crippen LogP contribution in [0, 0.1) is 23.3 Å². The summed E-state index contributed by atoms with van der Waals surface area (Å²) in [7, 11) is 0. The molecule has 1 aliphatic carbocycles. The Hall–Kier alpha value is -3.43. The molecule has 3 N–H and O–H groups in total. The van der Waals surface area contributed by atoms with Crippen LogP contribution in [0.25, 0.3) is 11.1 Å². The van der Waals surface area contributed by atoms with Gasteiger partial charge in [0, 0.05) is 18.5 Å². The van der Waals surface area contributed by atoms with Crippen LogP contribution in [0.1, 0.15) is 35.1 Å². The minimum Gasteiger partial charge on any atom is -0.449 e. The quantitative estimate of drug-likeness (QED) is 0.346. The molecule has 178 valence electrons. The molecule has 1 aliphatic rings. The number of halogens is 4. The van der Waals surface area contributed by atoms with Gasteiger partial charge in [-0.25, -0.2) is 22.4 Å². The maximum absolute atomic E-state index is 13.8. The van der Waals surface area contributed by atoms with E-state index >= 15 is 0 Å². The summed E-state index contributed by atoms with van der Waals surface area (Å²) in [5.74, 6) is -7.14. The van der Waals surface area contributed by atoms with Gasteiger partial charge in [0.2, 0.25) is 0 Å². The average molecular weight is 475 g/mol.